The number of rotatable bonds is 10. The number of carbonyl (C=O) groups is 2. The molecule has 2 saturated heterocycles. The first-order valence-electron chi connectivity index (χ1n) is 21.7. The largest absolute Gasteiger partial charge is 0.386 e. The van der Waals surface area contributed by atoms with Crippen molar-refractivity contribution in [3.8, 4) is 0 Å². The summed E-state index contributed by atoms with van der Waals surface area (Å²) < 4.78 is 80.5. The molecular formula is C49H52F2N8O6S2. The molecule has 2 spiro atoms. The van der Waals surface area contributed by atoms with Crippen LogP contribution in [0.25, 0.3) is 0 Å². The summed E-state index contributed by atoms with van der Waals surface area (Å²) in [5.74, 6) is -2.31. The molecule has 0 aliphatic carbocycles. The Kier molecular flexibility index (Phi) is 12.4. The second-order valence-corrected chi connectivity index (χ2v) is 23.2. The molecule has 9 rings (SSSR count). The fourth-order valence-electron chi connectivity index (χ4n) is 9.16. The van der Waals surface area contributed by atoms with Crippen LogP contribution in [0.15, 0.2) is 113 Å². The van der Waals surface area contributed by atoms with Crippen LogP contribution in [0.4, 0.5) is 8.78 Å². The molecular weight excluding hydrogens is 899 g/mol. The molecule has 5 aromatic rings. The Morgan fingerprint density at radius 2 is 1.09 bits per heavy atom. The van der Waals surface area contributed by atoms with Crippen LogP contribution >= 0.6 is 0 Å². The third-order valence-corrected chi connectivity index (χ3v) is 18.4. The zero-order valence-electron chi connectivity index (χ0n) is 37.6. The van der Waals surface area contributed by atoms with Crippen LogP contribution in [0.3, 0.4) is 0 Å². The van der Waals surface area contributed by atoms with E-state index in [4.69, 9.17) is 11.5 Å². The van der Waals surface area contributed by atoms with E-state index in [2.05, 4.69) is 25.3 Å². The smallest absolute Gasteiger partial charge is 0.185 e. The molecule has 0 bridgehead atoms. The number of aliphatic imine (C=N–C) groups is 2. The van der Waals surface area contributed by atoms with Crippen molar-refractivity contribution < 1.29 is 35.2 Å². The van der Waals surface area contributed by atoms with Crippen molar-refractivity contribution in [1.82, 2.24) is 20.2 Å². The molecule has 2 fully saturated rings. The summed E-state index contributed by atoms with van der Waals surface area (Å²) in [4.78, 5) is 44.6. The Labute approximate surface area is 388 Å². The van der Waals surface area contributed by atoms with Gasteiger partial charge < -0.3 is 16.8 Å². The first kappa shape index (κ1) is 47.4. The van der Waals surface area contributed by atoms with Crippen LogP contribution in [0, 0.1) is 25.5 Å². The number of hydrogen-bond acceptors (Lipinski definition) is 14. The van der Waals surface area contributed by atoms with Crippen LogP contribution < -0.4 is 16.8 Å². The van der Waals surface area contributed by atoms with E-state index in [1.54, 1.807) is 50.5 Å². The van der Waals surface area contributed by atoms with Gasteiger partial charge in [-0.1, -0.05) is 54.6 Å². The lowest BCUT2D eigenvalue weighted by atomic mass is 9.89. The van der Waals surface area contributed by atoms with Gasteiger partial charge in [-0.15, -0.1) is 0 Å². The van der Waals surface area contributed by atoms with Crippen LogP contribution in [-0.4, -0.2) is 102 Å². The molecule has 3 aromatic carbocycles. The Balaban J connectivity index is 0.000000186. The zero-order valence-corrected chi connectivity index (χ0v) is 39.2. The normalized spacial score (nSPS) is 23.1. The lowest BCUT2D eigenvalue weighted by molar-refractivity contribution is 0.0980. The van der Waals surface area contributed by atoms with E-state index < -0.39 is 51.9 Å². The quantitative estimate of drug-likeness (QED) is 0.165. The van der Waals surface area contributed by atoms with Gasteiger partial charge in [0.15, 0.2) is 40.7 Å². The van der Waals surface area contributed by atoms with Gasteiger partial charge in [-0.05, 0) is 91.9 Å². The Morgan fingerprint density at radius 1 is 0.642 bits per heavy atom. The van der Waals surface area contributed by atoms with Gasteiger partial charge in [0.2, 0.25) is 0 Å². The van der Waals surface area contributed by atoms with E-state index in [0.717, 1.165) is 16.7 Å². The van der Waals surface area contributed by atoms with Gasteiger partial charge >= 0.3 is 0 Å². The number of Topliss-reactive ketones (excluding diaryl/α,β-unsaturated/α-hetero) is 2. The number of ketones is 2. The van der Waals surface area contributed by atoms with E-state index >= 15 is 4.39 Å². The molecule has 67 heavy (non-hydrogen) atoms. The van der Waals surface area contributed by atoms with Gasteiger partial charge in [0.1, 0.15) is 45.8 Å². The third kappa shape index (κ3) is 8.94. The predicted molar refractivity (Wildman–Crippen MR) is 252 cm³/mol. The minimum absolute atomic E-state index is 0.000246. The van der Waals surface area contributed by atoms with E-state index in [1.807, 2.05) is 49.1 Å². The monoisotopic (exact) mass is 950 g/mol. The minimum atomic E-state index is -3.76. The highest BCUT2D eigenvalue weighted by Gasteiger charge is 2.61. The average molecular weight is 951 g/mol. The number of aryl methyl sites for hydroxylation is 2. The summed E-state index contributed by atoms with van der Waals surface area (Å²) in [6, 6.07) is 25.2. The Bertz CT molecular complexity index is 3050. The summed E-state index contributed by atoms with van der Waals surface area (Å²) in [6.45, 7) is 8.42. The fourth-order valence-corrected chi connectivity index (χ4v) is 13.8. The number of nitrogens with one attached hydrogen (secondary N) is 1. The molecule has 18 heteroatoms. The van der Waals surface area contributed by atoms with Crippen LogP contribution in [0.5, 0.6) is 0 Å². The maximum Gasteiger partial charge on any atom is 0.185 e. The molecule has 0 unspecified atom stereocenters. The number of sulfone groups is 2. The second kappa shape index (κ2) is 17.5. The lowest BCUT2D eigenvalue weighted by Crippen LogP contribution is -2.74. The van der Waals surface area contributed by atoms with Crippen LogP contribution in [-0.2, 0) is 50.1 Å². The summed E-state index contributed by atoms with van der Waals surface area (Å²) >= 11 is 0. The van der Waals surface area contributed by atoms with E-state index in [-0.39, 0.29) is 84.9 Å². The number of hydrogen-bond donors (Lipinski definition) is 3. The van der Waals surface area contributed by atoms with Gasteiger partial charge in [0, 0.05) is 69.1 Å². The number of nitrogens with zero attached hydrogens (tertiary/aromatic N) is 5. The zero-order chi connectivity index (χ0) is 48.2. The molecule has 0 saturated carbocycles. The topological polar surface area (TPSA) is 220 Å². The van der Waals surface area contributed by atoms with Crippen molar-refractivity contribution >= 4 is 42.9 Å². The van der Waals surface area contributed by atoms with Gasteiger partial charge in [-0.3, -0.25) is 34.4 Å². The van der Waals surface area contributed by atoms with Crippen LogP contribution in [0.2, 0.25) is 0 Å². The van der Waals surface area contributed by atoms with Crippen molar-refractivity contribution in [2.45, 2.75) is 67.7 Å². The standard InChI is InChI=1S/C28H29FN4O3S.C21H23FN4O3S/c1-19-8-11-24(31-14-19)25(34)13-21-9-10-23(29)22(12-21)27(2)18-37(35,36)28(26(30)32-27)16-33(17-28)15-20-6-4-3-5-7-20;1-13-3-6-17(25-9-13)18(27)8-14-4-5-16(22)15(7-14)20(2)12-30(28,29)21(10-24-11-21)19(23)26-20/h3-12,14H,13,15-18H2,1-2H3,(H2,30,32);3-7,9,24H,8,10-12H2,1-2H3,(H2,23,26)/t27-;20-/m00/s1. The lowest BCUT2D eigenvalue weighted by Gasteiger charge is -2.52. The molecule has 2 atom stereocenters. The van der Waals surface area contributed by atoms with Crippen molar-refractivity contribution in [2.75, 3.05) is 37.7 Å². The predicted octanol–water partition coefficient (Wildman–Crippen LogP) is 4.51. The van der Waals surface area contributed by atoms with Crippen molar-refractivity contribution in [1.29, 1.82) is 0 Å². The molecule has 0 amide bonds. The van der Waals surface area contributed by atoms with Crippen molar-refractivity contribution in [2.24, 2.45) is 21.5 Å². The third-order valence-electron chi connectivity index (χ3n) is 13.2. The fraction of sp³-hybridized carbons (Fsp3) is 0.347. The Morgan fingerprint density at radius 3 is 1.48 bits per heavy atom. The number of pyridine rings is 2. The highest BCUT2D eigenvalue weighted by atomic mass is 32.2. The molecule has 4 aliphatic heterocycles. The molecule has 14 nitrogen and oxygen atoms in total. The number of likely N-dealkylation sites (tertiary alicyclic amines) is 1. The van der Waals surface area contributed by atoms with E-state index in [9.17, 15) is 30.8 Å². The number of carbonyl (C=O) groups excluding carboxylic acids is 2. The van der Waals surface area contributed by atoms with Gasteiger partial charge in [0.05, 0.1) is 11.5 Å². The van der Waals surface area contributed by atoms with Gasteiger partial charge in [-0.25, -0.2) is 25.6 Å². The number of halogens is 2. The van der Waals surface area contributed by atoms with Crippen molar-refractivity contribution in [3.63, 3.8) is 0 Å². The number of amidine groups is 2. The molecule has 350 valence electrons. The molecule has 6 heterocycles. The molecule has 2 aromatic heterocycles. The molecule has 0 radical (unpaired) electrons. The summed E-state index contributed by atoms with van der Waals surface area (Å²) in [5, 5.41) is 2.93. The number of aromatic nitrogens is 2. The van der Waals surface area contributed by atoms with E-state index in [0.29, 0.717) is 29.1 Å². The summed E-state index contributed by atoms with van der Waals surface area (Å²) in [6.07, 6.45) is 3.24. The SMILES string of the molecule is Cc1ccc(C(=O)Cc2ccc(F)c([C@]3(C)CS(=O)(=O)C4(CN(Cc5ccccc5)C4)C(N)=N3)c2)nc1.Cc1ccc(C(=O)Cc2ccc(F)c([C@]3(C)CS(=O)(=O)C4(CNC4)C(N)=N3)c2)nc1. The summed E-state index contributed by atoms with van der Waals surface area (Å²) in [7, 11) is -7.41. The maximum atomic E-state index is 15.1. The maximum absolute atomic E-state index is 15.1. The minimum Gasteiger partial charge on any atom is -0.386 e. The van der Waals surface area contributed by atoms with Crippen molar-refractivity contribution in [3.05, 3.63) is 165 Å². The highest BCUT2D eigenvalue weighted by molar-refractivity contribution is 7.94. The second-order valence-electron chi connectivity index (χ2n) is 18.6. The first-order chi connectivity index (χ1) is 31.6. The number of benzene rings is 3. The van der Waals surface area contributed by atoms with Gasteiger partial charge in [0.25, 0.3) is 0 Å². The summed E-state index contributed by atoms with van der Waals surface area (Å²) in [5.41, 5.74) is 14.6. The first-order valence-corrected chi connectivity index (χ1v) is 25.0. The van der Waals surface area contributed by atoms with E-state index in [1.165, 1.54) is 36.4 Å². The molecule has 5 N–H and O–H groups in total. The average Bonchev–Trinajstić information content (AvgIpc) is 3.22. The number of nitrogens with two attached hydrogens (primary N) is 2. The highest BCUT2D eigenvalue weighted by Crippen LogP contribution is 2.43. The van der Waals surface area contributed by atoms with Gasteiger partial charge in [-0.2, -0.15) is 0 Å². The van der Waals surface area contributed by atoms with Crippen LogP contribution in [0.1, 0.15) is 73.8 Å². The molecule has 4 aliphatic rings. The Hall–Kier alpha value is -6.08.